The summed E-state index contributed by atoms with van der Waals surface area (Å²) < 4.78 is 5.34. The molecule has 0 amide bonds. The van der Waals surface area contributed by atoms with Gasteiger partial charge in [0.1, 0.15) is 5.36 Å². The van der Waals surface area contributed by atoms with E-state index < -0.39 is 0 Å². The highest BCUT2D eigenvalue weighted by atomic mass is 127. The molecule has 0 atom stereocenters. The lowest BCUT2D eigenvalue weighted by molar-refractivity contribution is 0.912. The molecule has 1 aromatic heterocycles. The molecule has 0 radical (unpaired) electrons. The first-order chi connectivity index (χ1) is 6.74. The maximum absolute atomic E-state index is 4.44. The van der Waals surface area contributed by atoms with E-state index in [0.29, 0.717) is 0 Å². The predicted octanol–water partition coefficient (Wildman–Crippen LogP) is 1.23. The number of hydrogen-bond acceptors (Lipinski definition) is 4. The minimum absolute atomic E-state index is 0.904. The molecule has 1 aliphatic heterocycles. The zero-order valence-corrected chi connectivity index (χ0v) is 11.0. The van der Waals surface area contributed by atoms with Crippen molar-refractivity contribution < 1.29 is 0 Å². The third-order valence-electron chi connectivity index (χ3n) is 2.26. The Bertz CT molecular complexity index is 484. The fourth-order valence-electron chi connectivity index (χ4n) is 1.52. The summed E-state index contributed by atoms with van der Waals surface area (Å²) in [5.74, 6) is 0.992. The molecule has 0 fully saturated rings. The molecule has 14 heavy (non-hydrogen) atoms. The zero-order valence-electron chi connectivity index (χ0n) is 8.04. The number of nitrogens with zero attached hydrogens (tertiary/aromatic N) is 3. The predicted molar refractivity (Wildman–Crippen MR) is 66.4 cm³/mol. The van der Waals surface area contributed by atoms with Gasteiger partial charge in [0.25, 0.3) is 0 Å². The summed E-state index contributed by atoms with van der Waals surface area (Å²) in [6, 6.07) is 0. The summed E-state index contributed by atoms with van der Waals surface area (Å²) in [4.78, 5) is 0. The Morgan fingerprint density at radius 3 is 2.93 bits per heavy atom. The molecule has 3 nitrogen and oxygen atoms in total. The van der Waals surface area contributed by atoms with E-state index >= 15 is 0 Å². The minimum Gasteiger partial charge on any atom is -0.213 e. The second-order valence-corrected chi connectivity index (χ2v) is 4.87. The van der Waals surface area contributed by atoms with Crippen LogP contribution in [-0.2, 0) is 0 Å². The first-order valence-corrected chi connectivity index (χ1v) is 6.47. The molecule has 2 heterocycles. The Labute approximate surface area is 100 Å². The van der Waals surface area contributed by atoms with Gasteiger partial charge >= 0.3 is 0 Å². The molecule has 1 aliphatic rings. The summed E-state index contributed by atoms with van der Waals surface area (Å²) in [7, 11) is 0. The summed E-state index contributed by atoms with van der Waals surface area (Å²) in [5.41, 5.74) is 2.44. The van der Waals surface area contributed by atoms with Crippen molar-refractivity contribution in [2.75, 3.05) is 5.75 Å². The van der Waals surface area contributed by atoms with E-state index in [4.69, 9.17) is 0 Å². The average Bonchev–Trinajstić information content (AvgIpc) is 2.23. The van der Waals surface area contributed by atoms with Crippen LogP contribution < -0.4 is 10.6 Å². The van der Waals surface area contributed by atoms with E-state index in [2.05, 4.69) is 44.1 Å². The standard InChI is InChI=1S/C9H10IN3S/c1-3-6-4-14-13-8-7(6)5(2)11-12-9(8)10/h3-4H2,1-2H3. The fourth-order valence-corrected chi connectivity index (χ4v) is 3.06. The number of rotatable bonds is 1. The first kappa shape index (κ1) is 10.4. The van der Waals surface area contributed by atoms with Crippen molar-refractivity contribution in [3.8, 4) is 0 Å². The van der Waals surface area contributed by atoms with E-state index in [-0.39, 0.29) is 0 Å². The van der Waals surface area contributed by atoms with Gasteiger partial charge in [-0.2, -0.15) is 5.10 Å². The normalized spacial score (nSPS) is 14.9. The van der Waals surface area contributed by atoms with Crippen LogP contribution in [0.1, 0.15) is 19.0 Å². The van der Waals surface area contributed by atoms with Crippen LogP contribution in [0.15, 0.2) is 4.40 Å². The van der Waals surface area contributed by atoms with E-state index in [1.807, 2.05) is 6.92 Å². The fraction of sp³-hybridized carbons (Fsp3) is 0.444. The van der Waals surface area contributed by atoms with Crippen LogP contribution in [0.2, 0.25) is 0 Å². The zero-order chi connectivity index (χ0) is 10.1. The first-order valence-electron chi connectivity index (χ1n) is 4.45. The molecular weight excluding hydrogens is 309 g/mol. The Morgan fingerprint density at radius 2 is 2.21 bits per heavy atom. The maximum atomic E-state index is 4.44. The van der Waals surface area contributed by atoms with Gasteiger partial charge in [0.05, 0.1) is 5.69 Å². The van der Waals surface area contributed by atoms with Gasteiger partial charge in [-0.1, -0.05) is 6.92 Å². The van der Waals surface area contributed by atoms with Gasteiger partial charge in [-0.3, -0.25) is 0 Å². The Balaban J connectivity index is 2.92. The molecule has 0 aliphatic carbocycles. The van der Waals surface area contributed by atoms with Crippen LogP contribution in [-0.4, -0.2) is 16.0 Å². The molecule has 2 rings (SSSR count). The molecule has 5 heteroatoms. The molecule has 0 saturated carbocycles. The van der Waals surface area contributed by atoms with Crippen molar-refractivity contribution in [3.63, 3.8) is 0 Å². The molecule has 74 valence electrons. The smallest absolute Gasteiger partial charge is 0.150 e. The van der Waals surface area contributed by atoms with Crippen LogP contribution in [0, 0.1) is 10.6 Å². The monoisotopic (exact) mass is 319 g/mol. The van der Waals surface area contributed by atoms with Gasteiger partial charge in [0.15, 0.2) is 3.70 Å². The van der Waals surface area contributed by atoms with Crippen LogP contribution in [0.4, 0.5) is 0 Å². The molecular formula is C9H10IN3S. The van der Waals surface area contributed by atoms with Crippen LogP contribution >= 0.6 is 34.5 Å². The molecule has 0 unspecified atom stereocenters. The molecule has 0 aromatic carbocycles. The van der Waals surface area contributed by atoms with Gasteiger partial charge < -0.3 is 0 Å². The van der Waals surface area contributed by atoms with Gasteiger partial charge in [0, 0.05) is 11.0 Å². The van der Waals surface area contributed by atoms with Crippen molar-refractivity contribution in [1.29, 1.82) is 0 Å². The number of halogens is 1. The third kappa shape index (κ3) is 1.67. The molecule has 0 bridgehead atoms. The molecule has 0 spiro atoms. The summed E-state index contributed by atoms with van der Waals surface area (Å²) in [6.45, 7) is 4.18. The second-order valence-electron chi connectivity index (χ2n) is 3.12. The lowest BCUT2D eigenvalue weighted by Crippen LogP contribution is -2.37. The van der Waals surface area contributed by atoms with E-state index in [1.165, 1.54) is 10.8 Å². The van der Waals surface area contributed by atoms with Crippen molar-refractivity contribution in [2.24, 2.45) is 4.40 Å². The highest BCUT2D eigenvalue weighted by Crippen LogP contribution is 2.14. The van der Waals surface area contributed by atoms with Gasteiger partial charge in [-0.25, -0.2) is 4.40 Å². The highest BCUT2D eigenvalue weighted by Gasteiger charge is 2.10. The minimum atomic E-state index is 0.904. The Morgan fingerprint density at radius 1 is 1.43 bits per heavy atom. The van der Waals surface area contributed by atoms with Crippen LogP contribution in [0.5, 0.6) is 0 Å². The largest absolute Gasteiger partial charge is 0.213 e. The van der Waals surface area contributed by atoms with E-state index in [0.717, 1.165) is 26.9 Å². The summed E-state index contributed by atoms with van der Waals surface area (Å²) in [6.07, 6.45) is 1.07. The lowest BCUT2D eigenvalue weighted by Gasteiger charge is -2.09. The quantitative estimate of drug-likeness (QED) is 0.577. The molecule has 1 aromatic rings. The maximum Gasteiger partial charge on any atom is 0.150 e. The number of aromatic nitrogens is 2. The van der Waals surface area contributed by atoms with E-state index in [1.54, 1.807) is 11.9 Å². The molecule has 0 N–H and O–H groups in total. The molecule has 0 saturated heterocycles. The Kier molecular flexibility index (Phi) is 3.06. The van der Waals surface area contributed by atoms with Crippen molar-refractivity contribution in [3.05, 3.63) is 20.0 Å². The van der Waals surface area contributed by atoms with Crippen molar-refractivity contribution >= 4 is 40.1 Å². The topological polar surface area (TPSA) is 38.1 Å². The summed E-state index contributed by atoms with van der Waals surface area (Å²) >= 11 is 3.80. The van der Waals surface area contributed by atoms with Crippen molar-refractivity contribution in [2.45, 2.75) is 20.3 Å². The second kappa shape index (κ2) is 4.14. The summed E-state index contributed by atoms with van der Waals surface area (Å²) in [5, 5.41) is 10.5. The van der Waals surface area contributed by atoms with Gasteiger partial charge in [0.2, 0.25) is 0 Å². The SMILES string of the molecule is CCC1=c2c(C)nnc(I)c2=NSC1. The average molecular weight is 319 g/mol. The van der Waals surface area contributed by atoms with Gasteiger partial charge in [-0.05, 0) is 53.5 Å². The highest BCUT2D eigenvalue weighted by molar-refractivity contribution is 14.1. The Hall–Kier alpha value is -0.170. The van der Waals surface area contributed by atoms with Crippen LogP contribution in [0.3, 0.4) is 0 Å². The number of hydrogen-bond donors (Lipinski definition) is 0. The van der Waals surface area contributed by atoms with Crippen LogP contribution in [0.25, 0.3) is 5.57 Å². The number of aryl methyl sites for hydroxylation is 1. The third-order valence-corrected chi connectivity index (χ3v) is 3.77. The van der Waals surface area contributed by atoms with E-state index in [9.17, 15) is 0 Å². The number of fused-ring (bicyclic) bond motifs is 1. The van der Waals surface area contributed by atoms with Gasteiger partial charge in [-0.15, -0.1) is 5.10 Å². The lowest BCUT2D eigenvalue weighted by atomic mass is 10.1. The van der Waals surface area contributed by atoms with Crippen molar-refractivity contribution in [1.82, 2.24) is 10.2 Å².